The lowest BCUT2D eigenvalue weighted by molar-refractivity contribution is 0.517. The van der Waals surface area contributed by atoms with Crippen molar-refractivity contribution in [1.29, 1.82) is 0 Å². The van der Waals surface area contributed by atoms with E-state index in [1.807, 2.05) is 36.7 Å². The molecule has 8 heteroatoms. The quantitative estimate of drug-likeness (QED) is 0.279. The molecule has 0 saturated heterocycles. The van der Waals surface area contributed by atoms with Gasteiger partial charge in [0.05, 0.1) is 13.1 Å². The monoisotopic (exact) mass is 524 g/mol. The van der Waals surface area contributed by atoms with Crippen LogP contribution in [0.25, 0.3) is 0 Å². The van der Waals surface area contributed by atoms with E-state index >= 15 is 0 Å². The molecule has 2 heterocycles. The van der Waals surface area contributed by atoms with Crippen molar-refractivity contribution >= 4 is 41.3 Å². The molecule has 0 aliphatic heterocycles. The Hall–Kier alpha value is -1.94. The Morgan fingerprint density at radius 3 is 2.48 bits per heavy atom. The summed E-state index contributed by atoms with van der Waals surface area (Å²) < 4.78 is 1.98. The number of hydrogen-bond acceptors (Lipinski definition) is 4. The van der Waals surface area contributed by atoms with Crippen molar-refractivity contribution in [2.24, 2.45) is 12.0 Å². The first kappa shape index (κ1) is 23.3. The molecule has 156 valence electrons. The Balaban J connectivity index is 0.00000300. The Bertz CT molecular complexity index is 903. The molecule has 2 aromatic heterocycles. The summed E-state index contributed by atoms with van der Waals surface area (Å²) >= 11 is 1.78. The van der Waals surface area contributed by atoms with Crippen LogP contribution in [-0.2, 0) is 25.6 Å². The molecular formula is C21H29IN6S. The number of rotatable bonds is 7. The fourth-order valence-electron chi connectivity index (χ4n) is 2.75. The van der Waals surface area contributed by atoms with Gasteiger partial charge in [0.25, 0.3) is 0 Å². The van der Waals surface area contributed by atoms with Gasteiger partial charge in [0.2, 0.25) is 0 Å². The predicted octanol–water partition coefficient (Wildman–Crippen LogP) is 4.02. The van der Waals surface area contributed by atoms with Crippen LogP contribution in [0, 0.1) is 6.92 Å². The number of aromatic nitrogens is 3. The zero-order valence-electron chi connectivity index (χ0n) is 17.3. The standard InChI is InChI=1S/C21H28N6S.HI/c1-16-25-26-19(27(16)4)14-23-20(22-13-17-9-6-5-7-10-17)24-15-21(2,3)18-11-8-12-28-18;/h5-12H,13-15H2,1-4H3,(H2,22,23,24);1H. The fourth-order valence-corrected chi connectivity index (χ4v) is 3.60. The van der Waals surface area contributed by atoms with Crippen LogP contribution in [0.1, 0.15) is 35.9 Å². The zero-order chi connectivity index (χ0) is 20.0. The molecule has 3 aromatic rings. The molecule has 0 aliphatic carbocycles. The van der Waals surface area contributed by atoms with Crippen LogP contribution < -0.4 is 10.6 Å². The fraction of sp³-hybridized carbons (Fsp3) is 0.381. The Kier molecular flexibility index (Phi) is 8.63. The molecule has 0 unspecified atom stereocenters. The smallest absolute Gasteiger partial charge is 0.192 e. The maximum atomic E-state index is 4.77. The van der Waals surface area contributed by atoms with Gasteiger partial charge in [-0.2, -0.15) is 0 Å². The molecule has 0 atom stereocenters. The van der Waals surface area contributed by atoms with Crippen molar-refractivity contribution in [3.63, 3.8) is 0 Å². The van der Waals surface area contributed by atoms with E-state index in [9.17, 15) is 0 Å². The summed E-state index contributed by atoms with van der Waals surface area (Å²) in [6.45, 7) is 8.40. The van der Waals surface area contributed by atoms with Crippen molar-refractivity contribution < 1.29 is 0 Å². The topological polar surface area (TPSA) is 67.1 Å². The third-order valence-electron chi connectivity index (χ3n) is 4.75. The highest BCUT2D eigenvalue weighted by Crippen LogP contribution is 2.26. The molecule has 1 aromatic carbocycles. The second-order valence-electron chi connectivity index (χ2n) is 7.44. The number of aliphatic imine (C=N–C) groups is 1. The maximum absolute atomic E-state index is 4.77. The SMILES string of the molecule is Cc1nnc(CNC(=NCc2ccccc2)NCC(C)(C)c2cccs2)n1C.I. The number of thiophene rings is 1. The number of aryl methyl sites for hydroxylation is 1. The van der Waals surface area contributed by atoms with Crippen LogP contribution in [0.3, 0.4) is 0 Å². The summed E-state index contributed by atoms with van der Waals surface area (Å²) in [4.78, 5) is 6.12. The molecule has 0 amide bonds. The minimum Gasteiger partial charge on any atom is -0.355 e. The molecule has 0 bridgehead atoms. The highest BCUT2D eigenvalue weighted by molar-refractivity contribution is 14.0. The van der Waals surface area contributed by atoms with Gasteiger partial charge >= 0.3 is 0 Å². The lowest BCUT2D eigenvalue weighted by Gasteiger charge is -2.25. The third kappa shape index (κ3) is 6.53. The summed E-state index contributed by atoms with van der Waals surface area (Å²) in [6.07, 6.45) is 0. The van der Waals surface area contributed by atoms with Crippen molar-refractivity contribution in [3.05, 3.63) is 69.9 Å². The van der Waals surface area contributed by atoms with Crippen LogP contribution in [0.2, 0.25) is 0 Å². The van der Waals surface area contributed by atoms with Gasteiger partial charge in [-0.3, -0.25) is 0 Å². The average molecular weight is 524 g/mol. The van der Waals surface area contributed by atoms with Crippen LogP contribution in [0.5, 0.6) is 0 Å². The average Bonchev–Trinajstić information content (AvgIpc) is 3.34. The third-order valence-corrected chi connectivity index (χ3v) is 5.98. The Morgan fingerprint density at radius 1 is 1.10 bits per heavy atom. The lowest BCUT2D eigenvalue weighted by Crippen LogP contribution is -2.43. The van der Waals surface area contributed by atoms with E-state index in [0.29, 0.717) is 13.1 Å². The van der Waals surface area contributed by atoms with Crippen LogP contribution >= 0.6 is 35.3 Å². The van der Waals surface area contributed by atoms with E-state index < -0.39 is 0 Å². The second-order valence-corrected chi connectivity index (χ2v) is 8.39. The highest BCUT2D eigenvalue weighted by atomic mass is 127. The zero-order valence-corrected chi connectivity index (χ0v) is 20.5. The summed E-state index contributed by atoms with van der Waals surface area (Å²) in [5.74, 6) is 2.55. The molecule has 0 spiro atoms. The molecule has 0 saturated carbocycles. The van der Waals surface area contributed by atoms with Gasteiger partial charge < -0.3 is 15.2 Å². The summed E-state index contributed by atoms with van der Waals surface area (Å²) in [5.41, 5.74) is 1.20. The predicted molar refractivity (Wildman–Crippen MR) is 131 cm³/mol. The van der Waals surface area contributed by atoms with E-state index in [1.165, 1.54) is 10.4 Å². The molecule has 0 radical (unpaired) electrons. The van der Waals surface area contributed by atoms with E-state index in [0.717, 1.165) is 24.2 Å². The molecular weight excluding hydrogens is 495 g/mol. The molecule has 3 rings (SSSR count). The first-order valence-electron chi connectivity index (χ1n) is 9.41. The largest absolute Gasteiger partial charge is 0.355 e. The minimum atomic E-state index is 0. The first-order chi connectivity index (χ1) is 13.5. The number of hydrogen-bond donors (Lipinski definition) is 2. The van der Waals surface area contributed by atoms with Gasteiger partial charge in [0.15, 0.2) is 11.8 Å². The van der Waals surface area contributed by atoms with Crippen molar-refractivity contribution in [2.45, 2.75) is 39.3 Å². The van der Waals surface area contributed by atoms with Crippen molar-refractivity contribution in [2.75, 3.05) is 6.54 Å². The van der Waals surface area contributed by atoms with Gasteiger partial charge in [-0.1, -0.05) is 50.2 Å². The molecule has 29 heavy (non-hydrogen) atoms. The molecule has 0 aliphatic rings. The van der Waals surface area contributed by atoms with Crippen LogP contribution in [0.4, 0.5) is 0 Å². The lowest BCUT2D eigenvalue weighted by atomic mass is 9.91. The van der Waals surface area contributed by atoms with Crippen LogP contribution in [-0.4, -0.2) is 27.3 Å². The Morgan fingerprint density at radius 2 is 1.86 bits per heavy atom. The number of benzene rings is 1. The van der Waals surface area contributed by atoms with Crippen LogP contribution in [0.15, 0.2) is 52.8 Å². The number of halogens is 1. The molecule has 6 nitrogen and oxygen atoms in total. The van der Waals surface area contributed by atoms with Gasteiger partial charge in [-0.05, 0) is 23.9 Å². The van der Waals surface area contributed by atoms with Crippen molar-refractivity contribution in [1.82, 2.24) is 25.4 Å². The maximum Gasteiger partial charge on any atom is 0.192 e. The molecule has 2 N–H and O–H groups in total. The summed E-state index contributed by atoms with van der Waals surface area (Å²) in [5, 5.41) is 17.4. The van der Waals surface area contributed by atoms with E-state index in [4.69, 9.17) is 4.99 Å². The van der Waals surface area contributed by atoms with Gasteiger partial charge in [0.1, 0.15) is 5.82 Å². The number of guanidine groups is 1. The first-order valence-corrected chi connectivity index (χ1v) is 10.3. The normalized spacial score (nSPS) is 11.8. The number of nitrogens with one attached hydrogen (secondary N) is 2. The Labute approximate surface area is 193 Å². The van der Waals surface area contributed by atoms with Gasteiger partial charge in [-0.25, -0.2) is 4.99 Å². The van der Waals surface area contributed by atoms with Gasteiger partial charge in [0, 0.05) is 23.9 Å². The minimum absolute atomic E-state index is 0. The van der Waals surface area contributed by atoms with Crippen molar-refractivity contribution in [3.8, 4) is 0 Å². The van der Waals surface area contributed by atoms with Gasteiger partial charge in [-0.15, -0.1) is 45.5 Å². The second kappa shape index (κ2) is 10.7. The summed E-state index contributed by atoms with van der Waals surface area (Å²) in [6, 6.07) is 14.5. The van der Waals surface area contributed by atoms with E-state index in [-0.39, 0.29) is 29.4 Å². The summed E-state index contributed by atoms with van der Waals surface area (Å²) in [7, 11) is 1.97. The molecule has 0 fully saturated rings. The highest BCUT2D eigenvalue weighted by Gasteiger charge is 2.22. The van der Waals surface area contributed by atoms with E-state index in [1.54, 1.807) is 11.3 Å². The number of nitrogens with zero attached hydrogens (tertiary/aromatic N) is 4. The van der Waals surface area contributed by atoms with E-state index in [2.05, 4.69) is 64.3 Å².